The molecule has 4 nitrogen and oxygen atoms in total. The Labute approximate surface area is 99.9 Å². The van der Waals surface area contributed by atoms with Crippen LogP contribution < -0.4 is 5.32 Å². The Morgan fingerprint density at radius 2 is 2.31 bits per heavy atom. The van der Waals surface area contributed by atoms with Crippen LogP contribution in [0.1, 0.15) is 32.1 Å². The van der Waals surface area contributed by atoms with Gasteiger partial charge in [-0.25, -0.2) is 4.98 Å². The zero-order chi connectivity index (χ0) is 12.0. The molecule has 0 bridgehead atoms. The zero-order valence-corrected chi connectivity index (χ0v) is 11.1. The summed E-state index contributed by atoms with van der Waals surface area (Å²) in [5.41, 5.74) is 0. The molecule has 0 fully saturated rings. The Morgan fingerprint density at radius 3 is 2.81 bits per heavy atom. The van der Waals surface area contributed by atoms with Crippen molar-refractivity contribution >= 4 is 10.8 Å². The van der Waals surface area contributed by atoms with Crippen LogP contribution in [-0.4, -0.2) is 31.8 Å². The van der Waals surface area contributed by atoms with Gasteiger partial charge in [0, 0.05) is 48.3 Å². The minimum atomic E-state index is -0.687. The molecule has 0 radical (unpaired) electrons. The molecule has 0 spiro atoms. The molecule has 0 aromatic carbocycles. The molecule has 1 N–H and O–H groups in total. The van der Waals surface area contributed by atoms with Crippen molar-refractivity contribution in [3.63, 3.8) is 0 Å². The quantitative estimate of drug-likeness (QED) is 0.783. The molecular weight excluding hydrogens is 222 g/mol. The van der Waals surface area contributed by atoms with Gasteiger partial charge in [-0.3, -0.25) is 4.21 Å². The minimum absolute atomic E-state index is 0.258. The second-order valence-corrected chi connectivity index (χ2v) is 5.61. The van der Waals surface area contributed by atoms with E-state index in [1.165, 1.54) is 0 Å². The summed E-state index contributed by atoms with van der Waals surface area (Å²) < 4.78 is 13.3. The van der Waals surface area contributed by atoms with Gasteiger partial charge in [-0.1, -0.05) is 13.8 Å². The summed E-state index contributed by atoms with van der Waals surface area (Å²) in [5, 5.41) is 3.40. The monoisotopic (exact) mass is 243 g/mol. The van der Waals surface area contributed by atoms with Crippen LogP contribution in [0, 0.1) is 0 Å². The Balaban J connectivity index is 2.44. The highest BCUT2D eigenvalue weighted by Crippen LogP contribution is 2.12. The lowest BCUT2D eigenvalue weighted by Crippen LogP contribution is -2.27. The van der Waals surface area contributed by atoms with E-state index < -0.39 is 10.8 Å². The number of imidazole rings is 1. The first-order valence-corrected chi connectivity index (χ1v) is 7.23. The SMILES string of the molecule is CCC(NCCS(=O)CC)c1nccn1C. The molecule has 0 aliphatic rings. The van der Waals surface area contributed by atoms with Gasteiger partial charge in [0.2, 0.25) is 0 Å². The maximum Gasteiger partial charge on any atom is 0.125 e. The fourth-order valence-electron chi connectivity index (χ4n) is 1.62. The average Bonchev–Trinajstić information content (AvgIpc) is 2.70. The molecule has 92 valence electrons. The van der Waals surface area contributed by atoms with Crippen LogP contribution in [0.3, 0.4) is 0 Å². The Morgan fingerprint density at radius 1 is 1.56 bits per heavy atom. The first kappa shape index (κ1) is 13.4. The standard InChI is InChI=1S/C11H21N3OS/c1-4-10(11-13-6-8-14(11)3)12-7-9-16(15)5-2/h6,8,10,12H,4-5,7,9H2,1-3H3. The number of hydrogen-bond acceptors (Lipinski definition) is 3. The van der Waals surface area contributed by atoms with Gasteiger partial charge < -0.3 is 9.88 Å². The van der Waals surface area contributed by atoms with E-state index in [9.17, 15) is 4.21 Å². The van der Waals surface area contributed by atoms with Crippen molar-refractivity contribution in [1.82, 2.24) is 14.9 Å². The van der Waals surface area contributed by atoms with Gasteiger partial charge >= 0.3 is 0 Å². The largest absolute Gasteiger partial charge is 0.337 e. The number of rotatable bonds is 7. The van der Waals surface area contributed by atoms with E-state index in [0.717, 1.165) is 30.3 Å². The second kappa shape index (κ2) is 6.81. The molecule has 0 amide bonds. The van der Waals surface area contributed by atoms with Crippen LogP contribution in [0.2, 0.25) is 0 Å². The Bertz CT molecular complexity index is 338. The molecule has 1 rings (SSSR count). The van der Waals surface area contributed by atoms with Gasteiger partial charge in [0.05, 0.1) is 6.04 Å². The van der Waals surface area contributed by atoms with Gasteiger partial charge in [0.25, 0.3) is 0 Å². The van der Waals surface area contributed by atoms with Crippen LogP contribution in [0.15, 0.2) is 12.4 Å². The molecule has 2 unspecified atom stereocenters. The number of nitrogens with zero attached hydrogens (tertiary/aromatic N) is 2. The lowest BCUT2D eigenvalue weighted by atomic mass is 10.2. The van der Waals surface area contributed by atoms with Crippen molar-refractivity contribution < 1.29 is 4.21 Å². The first-order chi connectivity index (χ1) is 7.69. The van der Waals surface area contributed by atoms with Gasteiger partial charge in [0.1, 0.15) is 5.82 Å². The number of aromatic nitrogens is 2. The third-order valence-corrected chi connectivity index (χ3v) is 3.92. The average molecular weight is 243 g/mol. The van der Waals surface area contributed by atoms with Crippen molar-refractivity contribution in [3.8, 4) is 0 Å². The van der Waals surface area contributed by atoms with E-state index in [1.54, 1.807) is 0 Å². The van der Waals surface area contributed by atoms with Gasteiger partial charge in [-0.05, 0) is 6.42 Å². The summed E-state index contributed by atoms with van der Waals surface area (Å²) in [6.45, 7) is 4.86. The fourth-order valence-corrected chi connectivity index (χ4v) is 2.26. The molecule has 1 aromatic heterocycles. The van der Waals surface area contributed by atoms with Gasteiger partial charge in [0.15, 0.2) is 0 Å². The maximum atomic E-state index is 11.3. The number of aryl methyl sites for hydroxylation is 1. The van der Waals surface area contributed by atoms with E-state index in [2.05, 4.69) is 17.2 Å². The second-order valence-electron chi connectivity index (χ2n) is 3.74. The maximum absolute atomic E-state index is 11.3. The van der Waals surface area contributed by atoms with Crippen molar-refractivity contribution in [1.29, 1.82) is 0 Å². The third kappa shape index (κ3) is 3.72. The number of hydrogen-bond donors (Lipinski definition) is 1. The topological polar surface area (TPSA) is 46.9 Å². The van der Waals surface area contributed by atoms with E-state index in [1.807, 2.05) is 30.9 Å². The van der Waals surface area contributed by atoms with Crippen LogP contribution in [-0.2, 0) is 17.8 Å². The normalized spacial score (nSPS) is 14.9. The molecule has 0 saturated carbocycles. The van der Waals surface area contributed by atoms with Gasteiger partial charge in [-0.2, -0.15) is 0 Å². The molecule has 16 heavy (non-hydrogen) atoms. The molecule has 1 aromatic rings. The highest BCUT2D eigenvalue weighted by molar-refractivity contribution is 7.84. The smallest absolute Gasteiger partial charge is 0.125 e. The van der Waals surface area contributed by atoms with E-state index >= 15 is 0 Å². The van der Waals surface area contributed by atoms with Crippen LogP contribution in [0.4, 0.5) is 0 Å². The summed E-state index contributed by atoms with van der Waals surface area (Å²) >= 11 is 0. The summed E-state index contributed by atoms with van der Waals surface area (Å²) in [5.74, 6) is 2.50. The van der Waals surface area contributed by atoms with E-state index in [-0.39, 0.29) is 6.04 Å². The molecule has 0 saturated heterocycles. The molecule has 0 aliphatic carbocycles. The van der Waals surface area contributed by atoms with Crippen molar-refractivity contribution in [3.05, 3.63) is 18.2 Å². The van der Waals surface area contributed by atoms with Crippen molar-refractivity contribution in [2.45, 2.75) is 26.3 Å². The lowest BCUT2D eigenvalue weighted by Gasteiger charge is -2.16. The minimum Gasteiger partial charge on any atom is -0.337 e. The summed E-state index contributed by atoms with van der Waals surface area (Å²) in [7, 11) is 1.31. The van der Waals surface area contributed by atoms with Crippen molar-refractivity contribution in [2.24, 2.45) is 7.05 Å². The molecular formula is C11H21N3OS. The molecule has 0 aliphatic heterocycles. The summed E-state index contributed by atoms with van der Waals surface area (Å²) in [6, 6.07) is 0.258. The lowest BCUT2D eigenvalue weighted by molar-refractivity contribution is 0.496. The fraction of sp³-hybridized carbons (Fsp3) is 0.727. The van der Waals surface area contributed by atoms with Crippen LogP contribution in [0.5, 0.6) is 0 Å². The molecule has 5 heteroatoms. The predicted octanol–water partition coefficient (Wildman–Crippen LogP) is 1.23. The highest BCUT2D eigenvalue weighted by Gasteiger charge is 2.12. The molecule has 1 heterocycles. The predicted molar refractivity (Wildman–Crippen MR) is 67.8 cm³/mol. The van der Waals surface area contributed by atoms with E-state index in [4.69, 9.17) is 0 Å². The number of nitrogens with one attached hydrogen (secondary N) is 1. The van der Waals surface area contributed by atoms with Crippen LogP contribution in [0.25, 0.3) is 0 Å². The Kier molecular flexibility index (Phi) is 5.69. The summed E-state index contributed by atoms with van der Waals surface area (Å²) in [6.07, 6.45) is 4.75. The zero-order valence-electron chi connectivity index (χ0n) is 10.3. The Hall–Kier alpha value is -0.680. The third-order valence-electron chi connectivity index (χ3n) is 2.62. The van der Waals surface area contributed by atoms with E-state index in [0.29, 0.717) is 0 Å². The summed E-state index contributed by atoms with van der Waals surface area (Å²) in [4.78, 5) is 4.33. The van der Waals surface area contributed by atoms with Gasteiger partial charge in [-0.15, -0.1) is 0 Å². The highest BCUT2D eigenvalue weighted by atomic mass is 32.2. The van der Waals surface area contributed by atoms with Crippen LogP contribution >= 0.6 is 0 Å². The molecule has 2 atom stereocenters. The first-order valence-electron chi connectivity index (χ1n) is 5.74. The van der Waals surface area contributed by atoms with Crippen molar-refractivity contribution in [2.75, 3.05) is 18.1 Å².